The topological polar surface area (TPSA) is 82.3 Å². The summed E-state index contributed by atoms with van der Waals surface area (Å²) in [6, 6.07) is 29.2. The maximum Gasteiger partial charge on any atom is 0.330 e. The molecule has 4 aromatic carbocycles. The van der Waals surface area contributed by atoms with Gasteiger partial charge < -0.3 is 37.3 Å². The lowest BCUT2D eigenvalue weighted by atomic mass is 9.68. The van der Waals surface area contributed by atoms with Gasteiger partial charge in [-0.15, -0.1) is 0 Å². The number of benzene rings is 4. The van der Waals surface area contributed by atoms with Crippen LogP contribution in [0, 0.1) is 24.7 Å². The molecular weight excluding hydrogens is 882 g/mol. The van der Waals surface area contributed by atoms with Crippen molar-refractivity contribution < 1.29 is 41.8 Å². The fourth-order valence-electron chi connectivity index (χ4n) is 9.96. The van der Waals surface area contributed by atoms with Crippen LogP contribution < -0.4 is 18.7 Å². The molecule has 366 valence electrons. The number of aryl methyl sites for hydroxylation is 4. The van der Waals surface area contributed by atoms with Gasteiger partial charge in [0.05, 0.1) is 58.2 Å². The Morgan fingerprint density at radius 3 is 1.75 bits per heavy atom. The third-order valence-electron chi connectivity index (χ3n) is 12.8. The number of halogens is 2. The molecule has 0 N–H and O–H groups in total. The minimum atomic E-state index is -2.92. The quantitative estimate of drug-likeness (QED) is 0.0259. The second-order valence-electron chi connectivity index (χ2n) is 20.2. The molecule has 6 aromatic rings. The lowest BCUT2D eigenvalue weighted by Crippen LogP contribution is -2.49. The van der Waals surface area contributed by atoms with Crippen molar-refractivity contribution in [2.24, 2.45) is 24.9 Å². The predicted octanol–water partition coefficient (Wildman–Crippen LogP) is 14.2. The average molecular weight is 953 g/mol. The Morgan fingerprint density at radius 2 is 1.22 bits per heavy atom. The Balaban J connectivity index is 1.18. The number of nitrogens with zero attached hydrogens (tertiary/aromatic N) is 2. The molecule has 0 aliphatic carbocycles. The van der Waals surface area contributed by atoms with Crippen molar-refractivity contribution in [2.75, 3.05) is 33.6 Å². The highest BCUT2D eigenvalue weighted by molar-refractivity contribution is 7.32. The van der Waals surface area contributed by atoms with E-state index in [2.05, 4.69) is 146 Å². The number of alkyl halides is 2. The van der Waals surface area contributed by atoms with E-state index in [-0.39, 0.29) is 53.8 Å². The zero-order valence-corrected chi connectivity index (χ0v) is 43.1. The SMILES string of the molecule is C=CC(=O)OCCCC(F)(F)CCCOC(C(C)(C)CPOc1ccc2cc(-c3ccc(C)cc3OC)n(C)c2c1)C(C)(C)CC(C)(C)Oc1ccc2cc(-c3ccc(C)cc3OC)n(C)c2c1. The number of esters is 1. The maximum absolute atomic E-state index is 15.0. The molecule has 0 saturated heterocycles. The summed E-state index contributed by atoms with van der Waals surface area (Å²) in [4.78, 5) is 11.4. The fraction of sp³-hybridized carbons (Fsp3) is 0.446. The van der Waals surface area contributed by atoms with Crippen LogP contribution in [0.15, 0.2) is 97.6 Å². The Bertz CT molecular complexity index is 2720. The highest BCUT2D eigenvalue weighted by Crippen LogP contribution is 2.46. The average Bonchev–Trinajstić information content (AvgIpc) is 3.78. The molecule has 0 amide bonds. The van der Waals surface area contributed by atoms with Crippen LogP contribution in [0.5, 0.6) is 23.0 Å². The van der Waals surface area contributed by atoms with E-state index >= 15 is 8.78 Å². The second kappa shape index (κ2) is 21.5. The van der Waals surface area contributed by atoms with Crippen LogP contribution >= 0.6 is 8.81 Å². The first-order chi connectivity index (χ1) is 32.1. The number of hydrogen-bond acceptors (Lipinski definition) is 7. The minimum Gasteiger partial charge on any atom is -0.496 e. The third kappa shape index (κ3) is 12.6. The van der Waals surface area contributed by atoms with E-state index in [4.69, 9.17) is 28.2 Å². The van der Waals surface area contributed by atoms with Crippen molar-refractivity contribution in [1.29, 1.82) is 0 Å². The molecule has 0 spiro atoms. The Hall–Kier alpha value is -5.38. The van der Waals surface area contributed by atoms with Gasteiger partial charge in [0.25, 0.3) is 0 Å². The largest absolute Gasteiger partial charge is 0.496 e. The van der Waals surface area contributed by atoms with Crippen LogP contribution in [-0.4, -0.2) is 66.3 Å². The number of carbonyl (C=O) groups is 1. The number of hydrogen-bond donors (Lipinski definition) is 0. The van der Waals surface area contributed by atoms with Gasteiger partial charge in [-0.25, -0.2) is 13.6 Å². The summed E-state index contributed by atoms with van der Waals surface area (Å²) in [6.07, 6.45) is 1.45. The Labute approximate surface area is 404 Å². The second-order valence-corrected chi connectivity index (χ2v) is 21.0. The van der Waals surface area contributed by atoms with Crippen molar-refractivity contribution in [3.05, 3.63) is 109 Å². The summed E-state index contributed by atoms with van der Waals surface area (Å²) in [5.41, 5.74) is 6.91. The predicted molar refractivity (Wildman–Crippen MR) is 274 cm³/mol. The molecule has 68 heavy (non-hydrogen) atoms. The molecule has 0 saturated carbocycles. The molecule has 2 aromatic heterocycles. The first kappa shape index (κ1) is 52.0. The number of ether oxygens (including phenoxy) is 5. The van der Waals surface area contributed by atoms with Gasteiger partial charge in [-0.2, -0.15) is 0 Å². The van der Waals surface area contributed by atoms with Crippen LogP contribution in [0.25, 0.3) is 44.3 Å². The summed E-state index contributed by atoms with van der Waals surface area (Å²) < 4.78 is 71.0. The van der Waals surface area contributed by atoms with E-state index in [9.17, 15) is 4.79 Å². The van der Waals surface area contributed by atoms with Crippen molar-refractivity contribution in [2.45, 2.75) is 105 Å². The number of fused-ring (bicyclic) bond motifs is 2. The molecule has 0 aliphatic rings. The zero-order chi connectivity index (χ0) is 49.6. The molecule has 2 heterocycles. The van der Waals surface area contributed by atoms with Crippen LogP contribution in [0.1, 0.15) is 84.8 Å². The molecule has 2 unspecified atom stereocenters. The van der Waals surface area contributed by atoms with E-state index in [0.717, 1.165) is 84.5 Å². The van der Waals surface area contributed by atoms with Gasteiger partial charge in [0, 0.05) is 79.8 Å². The summed E-state index contributed by atoms with van der Waals surface area (Å²) >= 11 is 0. The molecule has 6 rings (SSSR count). The first-order valence-electron chi connectivity index (χ1n) is 23.4. The van der Waals surface area contributed by atoms with Crippen molar-refractivity contribution in [3.8, 4) is 45.5 Å². The van der Waals surface area contributed by atoms with Gasteiger partial charge in [-0.1, -0.05) is 46.4 Å². The first-order valence-corrected chi connectivity index (χ1v) is 24.5. The lowest BCUT2D eigenvalue weighted by Gasteiger charge is -2.47. The monoisotopic (exact) mass is 952 g/mol. The Morgan fingerprint density at radius 1 is 0.706 bits per heavy atom. The molecule has 0 bridgehead atoms. The number of aromatic nitrogens is 2. The van der Waals surface area contributed by atoms with Crippen LogP contribution in [0.4, 0.5) is 8.78 Å². The van der Waals surface area contributed by atoms with Crippen LogP contribution in [0.2, 0.25) is 0 Å². The van der Waals surface area contributed by atoms with Gasteiger partial charge >= 0.3 is 5.97 Å². The summed E-state index contributed by atoms with van der Waals surface area (Å²) in [5.74, 6) is -0.378. The van der Waals surface area contributed by atoms with Gasteiger partial charge in [-0.3, -0.25) is 0 Å². The number of methoxy groups -OCH3 is 2. The summed E-state index contributed by atoms with van der Waals surface area (Å²) in [5, 5.41) is 2.19. The normalized spacial score (nSPS) is 13.1. The fourth-order valence-corrected chi connectivity index (χ4v) is 10.9. The lowest BCUT2D eigenvalue weighted by molar-refractivity contribution is -0.138. The van der Waals surface area contributed by atoms with Gasteiger partial charge in [0.2, 0.25) is 5.92 Å². The molecule has 12 heteroatoms. The minimum absolute atomic E-state index is 0.0610. The highest BCUT2D eigenvalue weighted by atomic mass is 31.1. The number of rotatable bonds is 24. The molecule has 2 atom stereocenters. The Kier molecular flexibility index (Phi) is 16.4. The summed E-state index contributed by atoms with van der Waals surface area (Å²) in [6.45, 7) is 20.4. The molecule has 0 radical (unpaired) electrons. The third-order valence-corrected chi connectivity index (χ3v) is 14.2. The van der Waals surface area contributed by atoms with Gasteiger partial charge in [0.1, 0.15) is 28.6 Å². The van der Waals surface area contributed by atoms with Crippen LogP contribution in [0.3, 0.4) is 0 Å². The molecular formula is C56H71F2N2O7P. The van der Waals surface area contributed by atoms with Crippen molar-refractivity contribution >= 4 is 36.6 Å². The maximum atomic E-state index is 15.0. The van der Waals surface area contributed by atoms with Crippen molar-refractivity contribution in [3.63, 3.8) is 0 Å². The van der Waals surface area contributed by atoms with Crippen molar-refractivity contribution in [1.82, 2.24) is 9.13 Å². The number of carbonyl (C=O) groups excluding carboxylic acids is 1. The zero-order valence-electron chi connectivity index (χ0n) is 42.1. The standard InChI is InChI=1S/C56H71F2N2O7P/c1-14-51(61)64-27-15-25-56(57,58)26-16-28-65-52(54(6,7)36-68-67-42-22-20-40-32-48(60(11)46(40)34-42)44-24-18-38(3)30-50(44)63-13)53(4,5)35-55(8,9)66-41-21-19-39-31-47(59(10)45(39)33-41)43-23-17-37(2)29-49(43)62-12/h14,17-24,29-34,52,68H,1,15-16,25-28,35-36H2,2-13H3. The van der Waals surface area contributed by atoms with E-state index in [1.807, 2.05) is 24.3 Å². The van der Waals surface area contributed by atoms with E-state index in [1.54, 1.807) is 14.2 Å². The van der Waals surface area contributed by atoms with Gasteiger partial charge in [0.15, 0.2) is 0 Å². The summed E-state index contributed by atoms with van der Waals surface area (Å²) in [7, 11) is 7.61. The van der Waals surface area contributed by atoms with E-state index in [0.29, 0.717) is 12.6 Å². The highest BCUT2D eigenvalue weighted by Gasteiger charge is 2.45. The molecule has 0 aliphatic heterocycles. The smallest absolute Gasteiger partial charge is 0.330 e. The molecule has 0 fully saturated rings. The van der Waals surface area contributed by atoms with E-state index in [1.165, 1.54) is 0 Å². The van der Waals surface area contributed by atoms with Gasteiger partial charge in [-0.05, 0) is 130 Å². The molecule has 9 nitrogen and oxygen atoms in total. The van der Waals surface area contributed by atoms with Crippen LogP contribution in [-0.2, 0) is 28.4 Å². The van der Waals surface area contributed by atoms with E-state index < -0.39 is 28.3 Å².